The molecule has 0 aliphatic carbocycles. The fourth-order valence-corrected chi connectivity index (χ4v) is 5.48. The van der Waals surface area contributed by atoms with Crippen LogP contribution in [-0.4, -0.2) is 49.8 Å². The van der Waals surface area contributed by atoms with Crippen LogP contribution in [0.15, 0.2) is 30.3 Å². The molecular weight excluding hydrogens is 354 g/mol. The van der Waals surface area contributed by atoms with E-state index in [1.54, 1.807) is 17.0 Å². The Hall–Kier alpha value is -1.89. The molecule has 6 nitrogen and oxygen atoms in total. The van der Waals surface area contributed by atoms with Gasteiger partial charge in [-0.3, -0.25) is 9.59 Å². The van der Waals surface area contributed by atoms with Crippen molar-refractivity contribution in [3.8, 4) is 0 Å². The fraction of sp³-hybridized carbons (Fsp3) is 0.579. The maximum absolute atomic E-state index is 12.9. The van der Waals surface area contributed by atoms with E-state index in [1.807, 2.05) is 18.2 Å². The molecule has 1 aromatic rings. The summed E-state index contributed by atoms with van der Waals surface area (Å²) in [6.07, 6.45) is 2.58. The molecule has 0 radical (unpaired) electrons. The Kier molecular flexibility index (Phi) is 5.96. The van der Waals surface area contributed by atoms with Crippen molar-refractivity contribution in [2.45, 2.75) is 38.2 Å². The maximum atomic E-state index is 12.9. The summed E-state index contributed by atoms with van der Waals surface area (Å²) in [6, 6.07) is 9.02. The molecule has 2 atom stereocenters. The molecule has 2 heterocycles. The molecule has 2 aliphatic heterocycles. The molecule has 142 valence electrons. The molecule has 1 aromatic carbocycles. The van der Waals surface area contributed by atoms with E-state index < -0.39 is 21.9 Å². The lowest BCUT2D eigenvalue weighted by atomic mass is 10.0. The van der Waals surface area contributed by atoms with Gasteiger partial charge in [0.05, 0.1) is 11.5 Å². The molecule has 0 spiro atoms. The first kappa shape index (κ1) is 18.9. The highest BCUT2D eigenvalue weighted by molar-refractivity contribution is 7.91. The minimum atomic E-state index is -3.04. The van der Waals surface area contributed by atoms with E-state index in [2.05, 4.69) is 0 Å². The second-order valence-corrected chi connectivity index (χ2v) is 9.37. The van der Waals surface area contributed by atoms with Gasteiger partial charge in [0, 0.05) is 25.1 Å². The van der Waals surface area contributed by atoms with Gasteiger partial charge < -0.3 is 9.64 Å². The predicted molar refractivity (Wildman–Crippen MR) is 97.1 cm³/mol. The number of rotatable bonds is 5. The summed E-state index contributed by atoms with van der Waals surface area (Å²) in [5.74, 6) is -0.763. The number of piperidine rings is 1. The normalized spacial score (nSPS) is 23.4. The van der Waals surface area contributed by atoms with E-state index >= 15 is 0 Å². The van der Waals surface area contributed by atoms with E-state index in [1.165, 1.54) is 0 Å². The number of sulfone groups is 1. The van der Waals surface area contributed by atoms with Crippen LogP contribution in [0.2, 0.25) is 0 Å². The molecule has 0 bridgehead atoms. The molecule has 3 rings (SSSR count). The molecule has 1 amide bonds. The van der Waals surface area contributed by atoms with Gasteiger partial charge in [0.1, 0.15) is 0 Å². The second kappa shape index (κ2) is 8.20. The van der Waals surface area contributed by atoms with E-state index in [0.717, 1.165) is 19.3 Å². The number of likely N-dealkylation sites (tertiary alicyclic amines) is 1. The number of amides is 1. The van der Waals surface area contributed by atoms with Gasteiger partial charge in [0.2, 0.25) is 6.10 Å². The van der Waals surface area contributed by atoms with Crippen LogP contribution in [0.25, 0.3) is 0 Å². The highest BCUT2D eigenvalue weighted by Crippen LogP contribution is 2.26. The summed E-state index contributed by atoms with van der Waals surface area (Å²) in [7, 11) is -3.04. The van der Waals surface area contributed by atoms with Crippen LogP contribution < -0.4 is 0 Å². The maximum Gasteiger partial charge on any atom is 0.307 e. The zero-order valence-electron chi connectivity index (χ0n) is 14.8. The van der Waals surface area contributed by atoms with Crippen molar-refractivity contribution < 1.29 is 22.7 Å². The molecule has 2 saturated heterocycles. The van der Waals surface area contributed by atoms with Crippen LogP contribution in [-0.2, 0) is 24.2 Å². The highest BCUT2D eigenvalue weighted by atomic mass is 32.2. The molecule has 2 fully saturated rings. The number of carbonyl (C=O) groups excluding carboxylic acids is 2. The van der Waals surface area contributed by atoms with Crippen molar-refractivity contribution >= 4 is 21.7 Å². The van der Waals surface area contributed by atoms with E-state index in [4.69, 9.17) is 4.74 Å². The Morgan fingerprint density at radius 3 is 2.42 bits per heavy atom. The third-order valence-corrected chi connectivity index (χ3v) is 6.86. The molecule has 2 aliphatic rings. The first-order valence-electron chi connectivity index (χ1n) is 9.18. The zero-order chi connectivity index (χ0) is 18.6. The third kappa shape index (κ3) is 4.84. The molecule has 7 heteroatoms. The number of benzene rings is 1. The van der Waals surface area contributed by atoms with Crippen LogP contribution >= 0.6 is 0 Å². The van der Waals surface area contributed by atoms with Gasteiger partial charge in [0.15, 0.2) is 9.84 Å². The molecule has 0 N–H and O–H groups in total. The largest absolute Gasteiger partial charge is 0.447 e. The standard InChI is InChI=1S/C19H25NO5S/c21-17(13-15-9-12-26(23,24)14-15)25-18(16-7-3-1-4-8-16)19(22)20-10-5-2-6-11-20/h1,3-4,7-8,15,18H,2,5-6,9-14H2. The lowest BCUT2D eigenvalue weighted by molar-refractivity contribution is -0.162. The van der Waals surface area contributed by atoms with Gasteiger partial charge in [-0.05, 0) is 31.6 Å². The Labute approximate surface area is 154 Å². The van der Waals surface area contributed by atoms with Gasteiger partial charge in [0.25, 0.3) is 5.91 Å². The molecule has 2 unspecified atom stereocenters. The first-order valence-corrected chi connectivity index (χ1v) is 11.0. The number of hydrogen-bond donors (Lipinski definition) is 0. The second-order valence-electron chi connectivity index (χ2n) is 7.14. The first-order chi connectivity index (χ1) is 12.4. The topological polar surface area (TPSA) is 80.7 Å². The van der Waals surface area contributed by atoms with Crippen molar-refractivity contribution in [3.63, 3.8) is 0 Å². The molecule has 26 heavy (non-hydrogen) atoms. The number of carbonyl (C=O) groups is 2. The van der Waals surface area contributed by atoms with E-state index in [9.17, 15) is 18.0 Å². The lowest BCUT2D eigenvalue weighted by Crippen LogP contribution is -2.40. The minimum Gasteiger partial charge on any atom is -0.447 e. The monoisotopic (exact) mass is 379 g/mol. The van der Waals surface area contributed by atoms with Gasteiger partial charge in [-0.25, -0.2) is 8.42 Å². The molecular formula is C19H25NO5S. The van der Waals surface area contributed by atoms with Crippen LogP contribution in [0.4, 0.5) is 0 Å². The summed E-state index contributed by atoms with van der Waals surface area (Å²) in [4.78, 5) is 27.1. The van der Waals surface area contributed by atoms with E-state index in [0.29, 0.717) is 25.1 Å². The van der Waals surface area contributed by atoms with Gasteiger partial charge >= 0.3 is 5.97 Å². The third-order valence-electron chi connectivity index (χ3n) is 5.03. The Morgan fingerprint density at radius 2 is 1.81 bits per heavy atom. The highest BCUT2D eigenvalue weighted by Gasteiger charge is 2.33. The summed E-state index contributed by atoms with van der Waals surface area (Å²) in [5.41, 5.74) is 0.649. The van der Waals surface area contributed by atoms with E-state index in [-0.39, 0.29) is 29.8 Å². The minimum absolute atomic E-state index is 0.0260. The van der Waals surface area contributed by atoms with Gasteiger partial charge in [-0.15, -0.1) is 0 Å². The quantitative estimate of drug-likeness (QED) is 0.732. The number of hydrogen-bond acceptors (Lipinski definition) is 5. The average Bonchev–Trinajstić information content (AvgIpc) is 2.99. The fourth-order valence-electron chi connectivity index (χ4n) is 3.62. The summed E-state index contributed by atoms with van der Waals surface area (Å²) in [5, 5.41) is 0. The van der Waals surface area contributed by atoms with Crippen LogP contribution in [0.5, 0.6) is 0 Å². The predicted octanol–water partition coefficient (Wildman–Crippen LogP) is 2.11. The Morgan fingerprint density at radius 1 is 1.12 bits per heavy atom. The summed E-state index contributed by atoms with van der Waals surface area (Å²) >= 11 is 0. The van der Waals surface area contributed by atoms with Gasteiger partial charge in [-0.2, -0.15) is 0 Å². The van der Waals surface area contributed by atoms with Gasteiger partial charge in [-0.1, -0.05) is 30.3 Å². The van der Waals surface area contributed by atoms with Crippen molar-refractivity contribution in [2.75, 3.05) is 24.6 Å². The number of esters is 1. The Bertz CT molecular complexity index is 740. The van der Waals surface area contributed by atoms with Crippen molar-refractivity contribution in [3.05, 3.63) is 35.9 Å². The van der Waals surface area contributed by atoms with Crippen LogP contribution in [0.1, 0.15) is 43.8 Å². The smallest absolute Gasteiger partial charge is 0.307 e. The van der Waals surface area contributed by atoms with Crippen molar-refractivity contribution in [1.29, 1.82) is 0 Å². The summed E-state index contributed by atoms with van der Waals surface area (Å²) < 4.78 is 28.7. The Balaban J connectivity index is 1.69. The molecule has 0 aromatic heterocycles. The number of ether oxygens (including phenoxy) is 1. The van der Waals surface area contributed by atoms with Crippen molar-refractivity contribution in [2.24, 2.45) is 5.92 Å². The van der Waals surface area contributed by atoms with Crippen LogP contribution in [0.3, 0.4) is 0 Å². The van der Waals surface area contributed by atoms with Crippen LogP contribution in [0, 0.1) is 5.92 Å². The average molecular weight is 379 g/mol. The zero-order valence-corrected chi connectivity index (χ0v) is 15.6. The number of nitrogens with zero attached hydrogens (tertiary/aromatic N) is 1. The molecule has 0 saturated carbocycles. The summed E-state index contributed by atoms with van der Waals surface area (Å²) in [6.45, 7) is 1.36. The SMILES string of the molecule is O=C(CC1CCS(=O)(=O)C1)OC(C(=O)N1CCCCC1)c1ccccc1. The lowest BCUT2D eigenvalue weighted by Gasteiger charge is -2.30. The van der Waals surface area contributed by atoms with Crippen molar-refractivity contribution in [1.82, 2.24) is 4.90 Å².